The smallest absolute Gasteiger partial charge is 0.415 e. The van der Waals surface area contributed by atoms with Crippen LogP contribution in [-0.4, -0.2) is 49.1 Å². The second kappa shape index (κ2) is 5.04. The van der Waals surface area contributed by atoms with Crippen molar-refractivity contribution in [3.8, 4) is 0 Å². The number of hydrogen-bond donors (Lipinski definition) is 2. The predicted octanol–water partition coefficient (Wildman–Crippen LogP) is 1.39. The van der Waals surface area contributed by atoms with Crippen molar-refractivity contribution in [3.63, 3.8) is 0 Å². The van der Waals surface area contributed by atoms with Gasteiger partial charge in [-0.1, -0.05) is 0 Å². The maximum absolute atomic E-state index is 12.2. The minimum atomic E-state index is -0.344. The monoisotopic (exact) mass is 288 g/mol. The molecule has 3 rings (SSSR count). The molecule has 1 aromatic carbocycles. The lowest BCUT2D eigenvalue weighted by Gasteiger charge is -2.35. The summed E-state index contributed by atoms with van der Waals surface area (Å²) in [4.78, 5) is 16.1. The van der Waals surface area contributed by atoms with Gasteiger partial charge >= 0.3 is 6.09 Å². The van der Waals surface area contributed by atoms with E-state index >= 15 is 0 Å². The van der Waals surface area contributed by atoms with E-state index in [1.807, 2.05) is 12.1 Å². The van der Waals surface area contributed by atoms with Gasteiger partial charge in [-0.15, -0.1) is 0 Å². The lowest BCUT2D eigenvalue weighted by atomic mass is 9.91. The van der Waals surface area contributed by atoms with Crippen molar-refractivity contribution in [2.24, 2.45) is 5.73 Å². The Hall–Kier alpha value is -2.08. The van der Waals surface area contributed by atoms with Crippen LogP contribution in [0.4, 0.5) is 10.5 Å². The van der Waals surface area contributed by atoms with Crippen molar-refractivity contribution in [3.05, 3.63) is 29.8 Å². The van der Waals surface area contributed by atoms with Crippen molar-refractivity contribution in [1.82, 2.24) is 4.90 Å². The molecule has 112 valence electrons. The number of amidine groups is 1. The molecule has 1 aromatic rings. The van der Waals surface area contributed by atoms with E-state index in [0.29, 0.717) is 12.1 Å². The maximum atomic E-state index is 12.2. The fraction of sp³-hybridized carbons (Fsp3) is 0.467. The summed E-state index contributed by atoms with van der Waals surface area (Å²) in [5.74, 6) is 0.0253. The molecular formula is C15H20N4O2. The van der Waals surface area contributed by atoms with Gasteiger partial charge in [0.2, 0.25) is 0 Å². The molecule has 3 N–H and O–H groups in total. The molecule has 2 saturated heterocycles. The minimum Gasteiger partial charge on any atom is -0.441 e. The van der Waals surface area contributed by atoms with Crippen LogP contribution in [0.1, 0.15) is 18.4 Å². The van der Waals surface area contributed by atoms with Crippen LogP contribution in [0.15, 0.2) is 24.3 Å². The van der Waals surface area contributed by atoms with Crippen LogP contribution in [0, 0.1) is 5.41 Å². The van der Waals surface area contributed by atoms with E-state index in [-0.39, 0.29) is 17.5 Å². The highest BCUT2D eigenvalue weighted by atomic mass is 16.6. The number of rotatable bonds is 2. The summed E-state index contributed by atoms with van der Waals surface area (Å²) >= 11 is 0. The number of nitrogen functional groups attached to an aromatic ring is 1. The Morgan fingerprint density at radius 1 is 1.29 bits per heavy atom. The molecule has 6 heteroatoms. The maximum Gasteiger partial charge on any atom is 0.415 e. The Kier molecular flexibility index (Phi) is 3.33. The van der Waals surface area contributed by atoms with Crippen molar-refractivity contribution in [2.75, 3.05) is 31.6 Å². The average molecular weight is 288 g/mol. The van der Waals surface area contributed by atoms with Gasteiger partial charge in [0, 0.05) is 37.2 Å². The number of ether oxygens (including phenoxy) is 1. The van der Waals surface area contributed by atoms with Gasteiger partial charge in [-0.2, -0.15) is 0 Å². The number of carbonyl (C=O) groups is 1. The molecule has 2 aliphatic rings. The van der Waals surface area contributed by atoms with E-state index < -0.39 is 0 Å². The highest BCUT2D eigenvalue weighted by molar-refractivity contribution is 5.96. The standard InChI is InChI=1S/C15H20N4O2/c1-18-8-6-15(7-9-18)10-19(14(20)21-15)12-4-2-11(3-5-12)13(16)17/h2-5H,6-10H2,1H3,(H3,16,17). The minimum absolute atomic E-state index is 0.0253. The van der Waals surface area contributed by atoms with Crippen LogP contribution in [0.3, 0.4) is 0 Å². The average Bonchev–Trinajstić information content (AvgIpc) is 2.79. The molecule has 0 saturated carbocycles. The molecule has 0 aromatic heterocycles. The predicted molar refractivity (Wildman–Crippen MR) is 80.7 cm³/mol. The molecule has 1 spiro atoms. The summed E-state index contributed by atoms with van der Waals surface area (Å²) in [6.07, 6.45) is 1.46. The third-order valence-electron chi connectivity index (χ3n) is 4.36. The first-order valence-corrected chi connectivity index (χ1v) is 7.13. The Morgan fingerprint density at radius 3 is 2.48 bits per heavy atom. The van der Waals surface area contributed by atoms with E-state index in [2.05, 4.69) is 11.9 Å². The number of nitrogens with one attached hydrogen (secondary N) is 1. The number of nitrogens with two attached hydrogens (primary N) is 1. The molecule has 0 atom stereocenters. The van der Waals surface area contributed by atoms with Gasteiger partial charge in [0.1, 0.15) is 11.4 Å². The summed E-state index contributed by atoms with van der Waals surface area (Å²) < 4.78 is 5.68. The fourth-order valence-corrected chi connectivity index (χ4v) is 2.93. The number of piperidine rings is 1. The molecule has 0 radical (unpaired) electrons. The quantitative estimate of drug-likeness (QED) is 0.636. The third kappa shape index (κ3) is 2.58. The molecular weight excluding hydrogens is 268 g/mol. The second-order valence-electron chi connectivity index (χ2n) is 5.90. The van der Waals surface area contributed by atoms with E-state index in [1.54, 1.807) is 17.0 Å². The summed E-state index contributed by atoms with van der Waals surface area (Å²) in [5, 5.41) is 7.40. The molecule has 6 nitrogen and oxygen atoms in total. The molecule has 0 unspecified atom stereocenters. The third-order valence-corrected chi connectivity index (χ3v) is 4.36. The number of hydrogen-bond acceptors (Lipinski definition) is 4. The van der Waals surface area contributed by atoms with Gasteiger partial charge in [-0.25, -0.2) is 4.79 Å². The van der Waals surface area contributed by atoms with Gasteiger partial charge in [0.15, 0.2) is 0 Å². The van der Waals surface area contributed by atoms with E-state index in [0.717, 1.165) is 31.6 Å². The first-order chi connectivity index (χ1) is 9.99. The molecule has 21 heavy (non-hydrogen) atoms. The van der Waals surface area contributed by atoms with E-state index in [1.165, 1.54) is 0 Å². The van der Waals surface area contributed by atoms with Crippen LogP contribution < -0.4 is 10.6 Å². The topological polar surface area (TPSA) is 82.7 Å². The lowest BCUT2D eigenvalue weighted by molar-refractivity contribution is 0.00678. The lowest BCUT2D eigenvalue weighted by Crippen LogP contribution is -2.45. The Bertz CT molecular complexity index is 562. The zero-order valence-corrected chi connectivity index (χ0v) is 12.1. The molecule has 0 bridgehead atoms. The van der Waals surface area contributed by atoms with Crippen LogP contribution >= 0.6 is 0 Å². The summed E-state index contributed by atoms with van der Waals surface area (Å²) in [5.41, 5.74) is 6.54. The normalized spacial score (nSPS) is 21.6. The van der Waals surface area contributed by atoms with Crippen LogP contribution in [-0.2, 0) is 4.74 Å². The molecule has 0 aliphatic carbocycles. The van der Waals surface area contributed by atoms with Crippen molar-refractivity contribution in [2.45, 2.75) is 18.4 Å². The van der Waals surface area contributed by atoms with E-state index in [9.17, 15) is 4.79 Å². The Labute approximate surface area is 124 Å². The Balaban J connectivity index is 1.77. The number of carbonyl (C=O) groups excluding carboxylic acids is 1. The fourth-order valence-electron chi connectivity index (χ4n) is 2.93. The van der Waals surface area contributed by atoms with Gasteiger partial charge in [-0.05, 0) is 31.3 Å². The van der Waals surface area contributed by atoms with Gasteiger partial charge in [-0.3, -0.25) is 10.3 Å². The zero-order valence-electron chi connectivity index (χ0n) is 12.1. The summed E-state index contributed by atoms with van der Waals surface area (Å²) in [7, 11) is 2.09. The van der Waals surface area contributed by atoms with Crippen molar-refractivity contribution >= 4 is 17.6 Å². The highest BCUT2D eigenvalue weighted by Gasteiger charge is 2.46. The Morgan fingerprint density at radius 2 is 1.90 bits per heavy atom. The van der Waals surface area contributed by atoms with Crippen LogP contribution in [0.25, 0.3) is 0 Å². The summed E-state index contributed by atoms with van der Waals surface area (Å²) in [6, 6.07) is 7.13. The van der Waals surface area contributed by atoms with Gasteiger partial charge in [0.05, 0.1) is 6.54 Å². The van der Waals surface area contributed by atoms with Crippen LogP contribution in [0.5, 0.6) is 0 Å². The largest absolute Gasteiger partial charge is 0.441 e. The number of amides is 1. The van der Waals surface area contributed by atoms with E-state index in [4.69, 9.17) is 15.9 Å². The highest BCUT2D eigenvalue weighted by Crippen LogP contribution is 2.35. The molecule has 2 fully saturated rings. The van der Waals surface area contributed by atoms with Crippen molar-refractivity contribution < 1.29 is 9.53 Å². The summed E-state index contributed by atoms with van der Waals surface area (Å²) in [6.45, 7) is 2.49. The molecule has 1 amide bonds. The number of anilines is 1. The van der Waals surface area contributed by atoms with Gasteiger partial charge in [0.25, 0.3) is 0 Å². The number of nitrogens with zero attached hydrogens (tertiary/aromatic N) is 2. The SMILES string of the molecule is CN1CCC2(CC1)CN(c1ccc(C(=N)N)cc1)C(=O)O2. The zero-order chi connectivity index (χ0) is 15.0. The van der Waals surface area contributed by atoms with Crippen molar-refractivity contribution in [1.29, 1.82) is 5.41 Å². The first kappa shape index (κ1) is 13.9. The molecule has 2 aliphatic heterocycles. The van der Waals surface area contributed by atoms with Gasteiger partial charge < -0.3 is 15.4 Å². The van der Waals surface area contributed by atoms with Crippen LogP contribution in [0.2, 0.25) is 0 Å². The molecule has 2 heterocycles. The number of likely N-dealkylation sites (tertiary alicyclic amines) is 1. The second-order valence-corrected chi connectivity index (χ2v) is 5.90. The number of benzene rings is 1. The first-order valence-electron chi connectivity index (χ1n) is 7.13.